The van der Waals surface area contributed by atoms with Gasteiger partial charge in [0.25, 0.3) is 5.91 Å². The van der Waals surface area contributed by atoms with Crippen molar-refractivity contribution in [3.05, 3.63) is 23.6 Å². The Labute approximate surface area is 128 Å². The van der Waals surface area contributed by atoms with Crippen molar-refractivity contribution in [2.45, 2.75) is 37.1 Å². The zero-order valence-electron chi connectivity index (χ0n) is 12.0. The molecule has 4 nitrogen and oxygen atoms in total. The molecule has 0 radical (unpaired) electrons. The molecular weight excluding hydrogens is 321 g/mol. The van der Waals surface area contributed by atoms with Crippen molar-refractivity contribution in [3.8, 4) is 0 Å². The van der Waals surface area contributed by atoms with Crippen LogP contribution in [0.4, 0.5) is 27.8 Å². The van der Waals surface area contributed by atoms with E-state index in [0.29, 0.717) is 12.3 Å². The van der Waals surface area contributed by atoms with Crippen LogP contribution in [0.3, 0.4) is 0 Å². The Morgan fingerprint density at radius 3 is 2.65 bits per heavy atom. The molecule has 1 saturated carbocycles. The third-order valence-electron chi connectivity index (χ3n) is 3.99. The maximum absolute atomic E-state index is 14.6. The molecule has 1 atom stereocenters. The molecule has 1 aliphatic carbocycles. The average molecular weight is 335 g/mol. The predicted octanol–water partition coefficient (Wildman–Crippen LogP) is 2.44. The topological polar surface area (TPSA) is 45.2 Å². The summed E-state index contributed by atoms with van der Waals surface area (Å²) >= 11 is 0. The van der Waals surface area contributed by atoms with E-state index in [1.54, 1.807) is 0 Å². The van der Waals surface area contributed by atoms with Gasteiger partial charge in [-0.2, -0.15) is 13.2 Å². The molecule has 2 fully saturated rings. The second kappa shape index (κ2) is 5.31. The predicted molar refractivity (Wildman–Crippen MR) is 71.0 cm³/mol. The zero-order valence-corrected chi connectivity index (χ0v) is 12.0. The number of hydrogen-bond donors (Lipinski definition) is 1. The van der Waals surface area contributed by atoms with Crippen LogP contribution in [0.15, 0.2) is 12.3 Å². The minimum Gasteiger partial charge on any atom is -0.351 e. The van der Waals surface area contributed by atoms with E-state index in [-0.39, 0.29) is 24.8 Å². The third kappa shape index (κ3) is 3.23. The molecule has 1 saturated heterocycles. The van der Waals surface area contributed by atoms with E-state index in [0.717, 1.165) is 17.7 Å². The highest BCUT2D eigenvalue weighted by Gasteiger charge is 2.47. The van der Waals surface area contributed by atoms with E-state index < -0.39 is 35.7 Å². The van der Waals surface area contributed by atoms with Crippen molar-refractivity contribution in [2.75, 3.05) is 18.0 Å². The van der Waals surface area contributed by atoms with E-state index in [1.165, 1.54) is 0 Å². The normalized spacial score (nSPS) is 24.8. The van der Waals surface area contributed by atoms with Crippen molar-refractivity contribution in [2.24, 2.45) is 0 Å². The first kappa shape index (κ1) is 15.9. The number of alkyl halides is 4. The van der Waals surface area contributed by atoms with E-state index in [4.69, 9.17) is 0 Å². The Balaban J connectivity index is 1.74. The highest BCUT2D eigenvalue weighted by Crippen LogP contribution is 2.34. The fraction of sp³-hybridized carbons (Fsp3) is 0.571. The van der Waals surface area contributed by atoms with Crippen LogP contribution in [0.2, 0.25) is 0 Å². The Bertz CT molecular complexity index is 631. The molecule has 23 heavy (non-hydrogen) atoms. The number of pyridine rings is 1. The number of halogens is 5. The number of nitrogens with zero attached hydrogens (tertiary/aromatic N) is 2. The maximum atomic E-state index is 14.6. The van der Waals surface area contributed by atoms with Crippen LogP contribution in [-0.2, 0) is 11.0 Å². The molecule has 0 aromatic carbocycles. The Hall–Kier alpha value is -1.93. The summed E-state index contributed by atoms with van der Waals surface area (Å²) in [6.07, 6.45) is -2.75. The minimum absolute atomic E-state index is 0.00384. The first-order valence-electron chi connectivity index (χ1n) is 7.17. The highest BCUT2D eigenvalue weighted by atomic mass is 19.4. The molecule has 1 unspecified atom stereocenters. The van der Waals surface area contributed by atoms with Gasteiger partial charge in [-0.05, 0) is 18.9 Å². The fourth-order valence-corrected chi connectivity index (χ4v) is 2.50. The summed E-state index contributed by atoms with van der Waals surface area (Å²) in [6, 6.07) is 0.315. The lowest BCUT2D eigenvalue weighted by atomic mass is 10.0. The molecule has 126 valence electrons. The summed E-state index contributed by atoms with van der Waals surface area (Å²) in [4.78, 5) is 16.5. The molecule has 1 aromatic rings. The van der Waals surface area contributed by atoms with Gasteiger partial charge in [0.2, 0.25) is 5.67 Å². The molecule has 2 heterocycles. The Morgan fingerprint density at radius 1 is 1.39 bits per heavy atom. The van der Waals surface area contributed by atoms with Gasteiger partial charge in [-0.1, -0.05) is 0 Å². The quantitative estimate of drug-likeness (QED) is 0.863. The van der Waals surface area contributed by atoms with Crippen LogP contribution in [-0.4, -0.2) is 35.7 Å². The molecule has 1 N–H and O–H groups in total. The van der Waals surface area contributed by atoms with Gasteiger partial charge < -0.3 is 10.2 Å². The molecule has 0 bridgehead atoms. The Morgan fingerprint density at radius 2 is 2.09 bits per heavy atom. The van der Waals surface area contributed by atoms with Gasteiger partial charge in [0, 0.05) is 25.2 Å². The lowest BCUT2D eigenvalue weighted by Gasteiger charge is -2.21. The highest BCUT2D eigenvalue weighted by molar-refractivity contribution is 5.87. The van der Waals surface area contributed by atoms with Gasteiger partial charge in [-0.25, -0.2) is 13.8 Å². The zero-order chi connectivity index (χ0) is 16.8. The largest absolute Gasteiger partial charge is 0.417 e. The van der Waals surface area contributed by atoms with Crippen LogP contribution in [0.25, 0.3) is 0 Å². The number of anilines is 1. The second-order valence-corrected chi connectivity index (χ2v) is 5.91. The van der Waals surface area contributed by atoms with Crippen molar-refractivity contribution in [1.29, 1.82) is 0 Å². The van der Waals surface area contributed by atoms with Crippen LogP contribution < -0.4 is 10.2 Å². The summed E-state index contributed by atoms with van der Waals surface area (Å²) in [7, 11) is 0. The second-order valence-electron chi connectivity index (χ2n) is 5.91. The van der Waals surface area contributed by atoms with Gasteiger partial charge in [0.15, 0.2) is 11.6 Å². The van der Waals surface area contributed by atoms with Gasteiger partial charge in [0.1, 0.15) is 0 Å². The molecule has 1 aromatic heterocycles. The van der Waals surface area contributed by atoms with Gasteiger partial charge >= 0.3 is 6.18 Å². The SMILES string of the molecule is O=C(NC1CC1)C1(F)CCN(c2ncc(C(F)(F)F)cc2F)C1. The smallest absolute Gasteiger partial charge is 0.351 e. The number of carbonyl (C=O) groups is 1. The van der Waals surface area contributed by atoms with Crippen molar-refractivity contribution in [3.63, 3.8) is 0 Å². The number of rotatable bonds is 3. The summed E-state index contributed by atoms with van der Waals surface area (Å²) in [5.41, 5.74) is -3.39. The van der Waals surface area contributed by atoms with Crippen molar-refractivity contribution >= 4 is 11.7 Å². The molecule has 1 amide bonds. The van der Waals surface area contributed by atoms with E-state index >= 15 is 0 Å². The molecular formula is C14H14F5N3O. The van der Waals surface area contributed by atoms with Crippen LogP contribution in [0, 0.1) is 5.82 Å². The lowest BCUT2D eigenvalue weighted by molar-refractivity contribution is -0.138. The minimum atomic E-state index is -4.70. The van der Waals surface area contributed by atoms with E-state index in [2.05, 4.69) is 10.3 Å². The molecule has 1 aliphatic heterocycles. The summed E-state index contributed by atoms with van der Waals surface area (Å²) in [5, 5.41) is 2.55. The van der Waals surface area contributed by atoms with Crippen LogP contribution >= 0.6 is 0 Å². The monoisotopic (exact) mass is 335 g/mol. The number of carbonyl (C=O) groups excluding carboxylic acids is 1. The van der Waals surface area contributed by atoms with Gasteiger partial charge in [-0.15, -0.1) is 0 Å². The first-order chi connectivity index (χ1) is 10.7. The number of aromatic nitrogens is 1. The summed E-state index contributed by atoms with van der Waals surface area (Å²) < 4.78 is 66.0. The number of nitrogens with one attached hydrogen (secondary N) is 1. The lowest BCUT2D eigenvalue weighted by Crippen LogP contribution is -2.46. The molecule has 3 rings (SSSR count). The Kier molecular flexibility index (Phi) is 3.68. The molecule has 9 heteroatoms. The van der Waals surface area contributed by atoms with Gasteiger partial charge in [-0.3, -0.25) is 4.79 Å². The van der Waals surface area contributed by atoms with Crippen molar-refractivity contribution < 1.29 is 26.7 Å². The number of amides is 1. The summed E-state index contributed by atoms with van der Waals surface area (Å²) in [6.45, 7) is -0.426. The van der Waals surface area contributed by atoms with Crippen LogP contribution in [0.1, 0.15) is 24.8 Å². The number of hydrogen-bond acceptors (Lipinski definition) is 3. The molecule has 0 spiro atoms. The van der Waals surface area contributed by atoms with Gasteiger partial charge in [0.05, 0.1) is 12.1 Å². The van der Waals surface area contributed by atoms with E-state index in [1.807, 2.05) is 0 Å². The molecule has 2 aliphatic rings. The summed E-state index contributed by atoms with van der Waals surface area (Å²) in [5.74, 6) is -2.32. The van der Waals surface area contributed by atoms with Crippen LogP contribution in [0.5, 0.6) is 0 Å². The maximum Gasteiger partial charge on any atom is 0.417 e. The van der Waals surface area contributed by atoms with E-state index in [9.17, 15) is 26.7 Å². The van der Waals surface area contributed by atoms with Crippen molar-refractivity contribution in [1.82, 2.24) is 10.3 Å². The standard InChI is InChI=1S/C14H14F5N3O/c15-10-5-8(14(17,18)19)6-20-11(10)22-4-3-13(16,7-22)12(23)21-9-1-2-9/h5-6,9H,1-4,7H2,(H,21,23). The first-order valence-corrected chi connectivity index (χ1v) is 7.17. The fourth-order valence-electron chi connectivity index (χ4n) is 2.50. The third-order valence-corrected chi connectivity index (χ3v) is 3.99. The average Bonchev–Trinajstić information content (AvgIpc) is 3.18.